The Bertz CT molecular complexity index is 376. The summed E-state index contributed by atoms with van der Waals surface area (Å²) in [5.74, 6) is 2.43. The van der Waals surface area contributed by atoms with Crippen molar-refractivity contribution in [2.75, 3.05) is 31.3 Å². The lowest BCUT2D eigenvalue weighted by Gasteiger charge is -2.22. The molecule has 0 spiro atoms. The van der Waals surface area contributed by atoms with Crippen LogP contribution in [0.5, 0.6) is 0 Å². The van der Waals surface area contributed by atoms with Crippen molar-refractivity contribution in [3.05, 3.63) is 0 Å². The number of carbonyl (C=O) groups is 2. The van der Waals surface area contributed by atoms with E-state index in [1.807, 2.05) is 4.90 Å². The number of rotatable bonds is 2. The number of thioether (sulfide) groups is 1. The molecule has 5 nitrogen and oxygen atoms in total. The van der Waals surface area contributed by atoms with Crippen molar-refractivity contribution in [2.24, 2.45) is 17.6 Å². The standard InChI is InChI=1S/C12H19N3O2S/c13-10-2-1-8-3-14(4-9(8)10)11(16)5-15-7-18-6-12(15)17/h8-10H,1-7,13H2. The SMILES string of the molecule is NC1CCC2CN(C(=O)CN3CSCC3=O)CC12. The summed E-state index contributed by atoms with van der Waals surface area (Å²) in [5, 5.41) is 0. The maximum Gasteiger partial charge on any atom is 0.242 e. The van der Waals surface area contributed by atoms with Gasteiger partial charge in [-0.2, -0.15) is 0 Å². The summed E-state index contributed by atoms with van der Waals surface area (Å²) in [6.07, 6.45) is 2.24. The van der Waals surface area contributed by atoms with Crippen LogP contribution in [0.2, 0.25) is 0 Å². The Kier molecular flexibility index (Phi) is 3.23. The molecular formula is C12H19N3O2S. The first-order valence-corrected chi connectivity index (χ1v) is 7.69. The molecule has 2 amide bonds. The second kappa shape index (κ2) is 4.74. The summed E-state index contributed by atoms with van der Waals surface area (Å²) in [4.78, 5) is 27.2. The van der Waals surface area contributed by atoms with Crippen LogP contribution < -0.4 is 5.73 Å². The third kappa shape index (κ3) is 2.12. The van der Waals surface area contributed by atoms with Crippen LogP contribution in [0.4, 0.5) is 0 Å². The Labute approximate surface area is 111 Å². The zero-order valence-electron chi connectivity index (χ0n) is 10.4. The fourth-order valence-electron chi connectivity index (χ4n) is 3.31. The number of carbonyl (C=O) groups excluding carboxylic acids is 2. The van der Waals surface area contributed by atoms with Crippen LogP contribution in [-0.2, 0) is 9.59 Å². The molecule has 3 fully saturated rings. The molecule has 1 aliphatic carbocycles. The zero-order valence-corrected chi connectivity index (χ0v) is 11.2. The van der Waals surface area contributed by atoms with E-state index < -0.39 is 0 Å². The lowest BCUT2D eigenvalue weighted by molar-refractivity contribution is -0.137. The van der Waals surface area contributed by atoms with Gasteiger partial charge < -0.3 is 15.5 Å². The average molecular weight is 269 g/mol. The summed E-state index contributed by atoms with van der Waals surface area (Å²) in [5.41, 5.74) is 6.06. The van der Waals surface area contributed by atoms with E-state index in [0.29, 0.717) is 23.5 Å². The topological polar surface area (TPSA) is 66.6 Å². The van der Waals surface area contributed by atoms with Gasteiger partial charge >= 0.3 is 0 Å². The molecule has 6 heteroatoms. The summed E-state index contributed by atoms with van der Waals surface area (Å²) in [7, 11) is 0. The van der Waals surface area contributed by atoms with Gasteiger partial charge in [-0.05, 0) is 24.7 Å². The molecule has 1 saturated carbocycles. The minimum atomic E-state index is 0.0874. The zero-order chi connectivity index (χ0) is 12.7. The minimum Gasteiger partial charge on any atom is -0.341 e. The first kappa shape index (κ1) is 12.3. The van der Waals surface area contributed by atoms with Gasteiger partial charge in [0, 0.05) is 19.1 Å². The van der Waals surface area contributed by atoms with E-state index in [1.165, 1.54) is 0 Å². The summed E-state index contributed by atoms with van der Waals surface area (Å²) in [6, 6.07) is 0.261. The second-order valence-electron chi connectivity index (χ2n) is 5.53. The number of fused-ring (bicyclic) bond motifs is 1. The van der Waals surface area contributed by atoms with Gasteiger partial charge in [0.25, 0.3) is 0 Å². The lowest BCUT2D eigenvalue weighted by atomic mass is 9.98. The molecule has 3 rings (SSSR count). The van der Waals surface area contributed by atoms with Gasteiger partial charge in [0.2, 0.25) is 11.8 Å². The largest absolute Gasteiger partial charge is 0.341 e. The van der Waals surface area contributed by atoms with Crippen LogP contribution in [0, 0.1) is 11.8 Å². The predicted molar refractivity (Wildman–Crippen MR) is 69.8 cm³/mol. The highest BCUT2D eigenvalue weighted by molar-refractivity contribution is 8.00. The van der Waals surface area contributed by atoms with Crippen molar-refractivity contribution < 1.29 is 9.59 Å². The molecule has 2 saturated heterocycles. The molecule has 2 aliphatic heterocycles. The Morgan fingerprint density at radius 3 is 2.89 bits per heavy atom. The Hall–Kier alpha value is -0.750. The van der Waals surface area contributed by atoms with Gasteiger partial charge in [-0.15, -0.1) is 11.8 Å². The Morgan fingerprint density at radius 1 is 1.39 bits per heavy atom. The number of hydrogen-bond donors (Lipinski definition) is 1. The molecule has 0 aromatic carbocycles. The van der Waals surface area contributed by atoms with Gasteiger partial charge in [0.05, 0.1) is 11.6 Å². The van der Waals surface area contributed by atoms with Gasteiger partial charge in [-0.1, -0.05) is 0 Å². The predicted octanol–water partition coefficient (Wildman–Crippen LogP) is -0.285. The first-order chi connectivity index (χ1) is 8.65. The fourth-order valence-corrected chi connectivity index (χ4v) is 4.22. The second-order valence-corrected chi connectivity index (χ2v) is 6.49. The minimum absolute atomic E-state index is 0.0874. The average Bonchev–Trinajstić information content (AvgIpc) is 2.99. The van der Waals surface area contributed by atoms with Gasteiger partial charge in [-0.3, -0.25) is 9.59 Å². The lowest BCUT2D eigenvalue weighted by Crippen LogP contribution is -2.41. The van der Waals surface area contributed by atoms with E-state index in [4.69, 9.17) is 5.73 Å². The highest BCUT2D eigenvalue weighted by atomic mass is 32.2. The van der Waals surface area contributed by atoms with Crippen molar-refractivity contribution in [1.82, 2.24) is 9.80 Å². The van der Waals surface area contributed by atoms with E-state index >= 15 is 0 Å². The monoisotopic (exact) mass is 269 g/mol. The smallest absolute Gasteiger partial charge is 0.242 e. The Balaban J connectivity index is 1.56. The third-order valence-corrected chi connectivity index (χ3v) is 5.36. The number of likely N-dealkylation sites (tertiary alicyclic amines) is 1. The quantitative estimate of drug-likeness (QED) is 0.748. The molecule has 3 unspecified atom stereocenters. The van der Waals surface area contributed by atoms with Crippen molar-refractivity contribution in [2.45, 2.75) is 18.9 Å². The molecule has 3 aliphatic rings. The number of amides is 2. The van der Waals surface area contributed by atoms with Crippen LogP contribution in [0.1, 0.15) is 12.8 Å². The van der Waals surface area contributed by atoms with Crippen LogP contribution in [0.3, 0.4) is 0 Å². The summed E-state index contributed by atoms with van der Waals surface area (Å²) >= 11 is 1.58. The first-order valence-electron chi connectivity index (χ1n) is 6.54. The molecule has 2 heterocycles. The van der Waals surface area contributed by atoms with Crippen LogP contribution in [0.25, 0.3) is 0 Å². The van der Waals surface area contributed by atoms with Gasteiger partial charge in [0.1, 0.15) is 6.54 Å². The van der Waals surface area contributed by atoms with Crippen molar-refractivity contribution in [3.63, 3.8) is 0 Å². The van der Waals surface area contributed by atoms with Crippen molar-refractivity contribution >= 4 is 23.6 Å². The van der Waals surface area contributed by atoms with Gasteiger partial charge in [-0.25, -0.2) is 0 Å². The highest BCUT2D eigenvalue weighted by Crippen LogP contribution is 2.37. The molecule has 3 atom stereocenters. The fraction of sp³-hybridized carbons (Fsp3) is 0.833. The van der Waals surface area contributed by atoms with E-state index in [1.54, 1.807) is 16.7 Å². The van der Waals surface area contributed by atoms with Crippen LogP contribution in [0.15, 0.2) is 0 Å². The molecule has 100 valence electrons. The van der Waals surface area contributed by atoms with E-state index in [2.05, 4.69) is 0 Å². The molecule has 0 radical (unpaired) electrons. The van der Waals surface area contributed by atoms with E-state index in [9.17, 15) is 9.59 Å². The third-order valence-electron chi connectivity index (χ3n) is 4.42. The molecule has 2 N–H and O–H groups in total. The van der Waals surface area contributed by atoms with E-state index in [-0.39, 0.29) is 24.4 Å². The van der Waals surface area contributed by atoms with Crippen molar-refractivity contribution in [3.8, 4) is 0 Å². The maximum atomic E-state index is 12.2. The number of hydrogen-bond acceptors (Lipinski definition) is 4. The van der Waals surface area contributed by atoms with Crippen molar-refractivity contribution in [1.29, 1.82) is 0 Å². The Morgan fingerprint density at radius 2 is 2.22 bits per heavy atom. The van der Waals surface area contributed by atoms with Gasteiger partial charge in [0.15, 0.2) is 0 Å². The molecule has 18 heavy (non-hydrogen) atoms. The molecule has 0 aromatic heterocycles. The van der Waals surface area contributed by atoms with E-state index in [0.717, 1.165) is 25.9 Å². The van der Waals surface area contributed by atoms with Crippen LogP contribution in [-0.4, -0.2) is 58.9 Å². The molecular weight excluding hydrogens is 250 g/mol. The highest BCUT2D eigenvalue weighted by Gasteiger charge is 2.42. The molecule has 0 aromatic rings. The maximum absolute atomic E-state index is 12.2. The normalized spacial score (nSPS) is 35.4. The number of nitrogens with zero attached hydrogens (tertiary/aromatic N) is 2. The molecule has 0 bridgehead atoms. The number of nitrogens with two attached hydrogens (primary N) is 1. The summed E-state index contributed by atoms with van der Waals surface area (Å²) in [6.45, 7) is 1.88. The van der Waals surface area contributed by atoms with Crippen LogP contribution >= 0.6 is 11.8 Å². The summed E-state index contributed by atoms with van der Waals surface area (Å²) < 4.78 is 0.